The first-order valence-corrected chi connectivity index (χ1v) is 11.6. The summed E-state index contributed by atoms with van der Waals surface area (Å²) >= 11 is 0. The zero-order chi connectivity index (χ0) is 22.3. The molecule has 2 saturated carbocycles. The van der Waals surface area contributed by atoms with Crippen LogP contribution in [0, 0.1) is 17.2 Å². The molecule has 3 N–H and O–H groups in total. The Morgan fingerprint density at radius 2 is 1.97 bits per heavy atom. The summed E-state index contributed by atoms with van der Waals surface area (Å²) in [4.78, 5) is 4.57. The van der Waals surface area contributed by atoms with Crippen LogP contribution in [0.1, 0.15) is 61.1 Å². The quantitative estimate of drug-likeness (QED) is 0.545. The van der Waals surface area contributed by atoms with Gasteiger partial charge >= 0.3 is 0 Å². The molecule has 0 aliphatic heterocycles. The number of hydrogen-bond acceptors (Lipinski definition) is 5. The highest BCUT2D eigenvalue weighted by Crippen LogP contribution is 2.37. The third-order valence-electron chi connectivity index (χ3n) is 6.60. The maximum absolute atomic E-state index is 9.36. The van der Waals surface area contributed by atoms with Gasteiger partial charge in [-0.1, -0.05) is 18.2 Å². The van der Waals surface area contributed by atoms with Crippen LogP contribution in [-0.2, 0) is 0 Å². The highest BCUT2D eigenvalue weighted by atomic mass is 16.5. The van der Waals surface area contributed by atoms with Gasteiger partial charge in [0.2, 0.25) is 0 Å². The van der Waals surface area contributed by atoms with Crippen molar-refractivity contribution < 1.29 is 4.74 Å². The topological polar surface area (TPSA) is 83.4 Å². The van der Waals surface area contributed by atoms with E-state index in [4.69, 9.17) is 10.5 Å². The molecule has 0 radical (unpaired) electrons. The van der Waals surface area contributed by atoms with Crippen molar-refractivity contribution in [1.82, 2.24) is 0 Å². The number of nitrogens with one attached hydrogen (secondary N) is 1. The number of ether oxygens (including phenoxy) is 1. The maximum atomic E-state index is 9.36. The van der Waals surface area contributed by atoms with Gasteiger partial charge in [-0.05, 0) is 85.8 Å². The van der Waals surface area contributed by atoms with Crippen LogP contribution in [0.3, 0.4) is 0 Å². The van der Waals surface area contributed by atoms with Gasteiger partial charge in [-0.2, -0.15) is 5.26 Å². The average Bonchev–Trinajstić information content (AvgIpc) is 3.68. The van der Waals surface area contributed by atoms with Crippen LogP contribution >= 0.6 is 0 Å². The zero-order valence-corrected chi connectivity index (χ0v) is 18.8. The van der Waals surface area contributed by atoms with E-state index in [1.165, 1.54) is 31.2 Å². The molecule has 4 rings (SSSR count). The van der Waals surface area contributed by atoms with Gasteiger partial charge in [0.05, 0.1) is 18.7 Å². The van der Waals surface area contributed by atoms with Crippen LogP contribution in [0.15, 0.2) is 53.7 Å². The molecule has 5 heteroatoms. The summed E-state index contributed by atoms with van der Waals surface area (Å²) in [6.45, 7) is 0.972. The fourth-order valence-electron chi connectivity index (χ4n) is 4.46. The molecule has 166 valence electrons. The van der Waals surface area contributed by atoms with Crippen LogP contribution in [0.2, 0.25) is 0 Å². The summed E-state index contributed by atoms with van der Waals surface area (Å²) in [5.41, 5.74) is 10.9. The lowest BCUT2D eigenvalue weighted by Gasteiger charge is -2.29. The van der Waals surface area contributed by atoms with Crippen molar-refractivity contribution in [3.8, 4) is 11.8 Å². The minimum Gasteiger partial charge on any atom is -0.495 e. The maximum Gasteiger partial charge on any atom is 0.136 e. The number of nitrogens with two attached hydrogens (primary N) is 1. The number of benzene rings is 2. The second-order valence-corrected chi connectivity index (χ2v) is 8.88. The third kappa shape index (κ3) is 5.50. The summed E-state index contributed by atoms with van der Waals surface area (Å²) < 4.78 is 5.28. The normalized spacial score (nSPS) is 21.3. The second kappa shape index (κ2) is 10.4. The third-order valence-corrected chi connectivity index (χ3v) is 6.60. The van der Waals surface area contributed by atoms with Gasteiger partial charge < -0.3 is 15.8 Å². The number of anilines is 1. The van der Waals surface area contributed by atoms with Crippen LogP contribution < -0.4 is 15.8 Å². The van der Waals surface area contributed by atoms with Crippen LogP contribution in [-0.4, -0.2) is 25.9 Å². The van der Waals surface area contributed by atoms with E-state index in [2.05, 4.69) is 46.7 Å². The van der Waals surface area contributed by atoms with Gasteiger partial charge in [0.15, 0.2) is 0 Å². The molecule has 0 bridgehead atoms. The standard InChI is InChI=1S/C27H32N4O/c1-32-27-12-9-22(13-23(27)15-28)20-7-5-19(6-8-20)17-30-26-4-2-3-21(14-26)24(16-29)18-31-25-10-11-25/h2-4,9,12-14,16,18-20,25,30H,5-8,10-11,17,29H2,1H3. The van der Waals surface area contributed by atoms with Crippen molar-refractivity contribution in [2.45, 2.75) is 50.5 Å². The minimum atomic E-state index is 0.491. The fraction of sp³-hybridized carbons (Fsp3) is 0.407. The molecule has 0 amide bonds. The molecule has 0 heterocycles. The number of methoxy groups -OCH3 is 1. The highest BCUT2D eigenvalue weighted by Gasteiger charge is 2.23. The van der Waals surface area contributed by atoms with E-state index < -0.39 is 0 Å². The molecule has 2 aliphatic rings. The van der Waals surface area contributed by atoms with Crippen molar-refractivity contribution in [3.63, 3.8) is 0 Å². The minimum absolute atomic E-state index is 0.491. The lowest BCUT2D eigenvalue weighted by atomic mass is 9.78. The average molecular weight is 429 g/mol. The molecule has 2 aromatic carbocycles. The summed E-state index contributed by atoms with van der Waals surface area (Å²) in [6.07, 6.45) is 10.6. The molecule has 0 spiro atoms. The number of aliphatic imine (C=N–C) groups is 1. The van der Waals surface area contributed by atoms with Crippen molar-refractivity contribution in [3.05, 3.63) is 65.4 Å². The van der Waals surface area contributed by atoms with Crippen molar-refractivity contribution >= 4 is 17.5 Å². The van der Waals surface area contributed by atoms with E-state index in [1.54, 1.807) is 13.3 Å². The van der Waals surface area contributed by atoms with Gasteiger partial charge in [-0.15, -0.1) is 0 Å². The lowest BCUT2D eigenvalue weighted by Crippen LogP contribution is -2.20. The molecule has 5 nitrogen and oxygen atoms in total. The van der Waals surface area contributed by atoms with Gasteiger partial charge in [-0.25, -0.2) is 0 Å². The molecule has 2 aromatic rings. The molecule has 0 aromatic heterocycles. The van der Waals surface area contributed by atoms with E-state index >= 15 is 0 Å². The SMILES string of the molecule is COc1ccc(C2CCC(CNc3cccc(C(C=NC4CC4)=CN)c3)CC2)cc1C#N. The predicted octanol–water partition coefficient (Wildman–Crippen LogP) is 5.49. The van der Waals surface area contributed by atoms with Crippen molar-refractivity contribution in [2.24, 2.45) is 16.6 Å². The summed E-state index contributed by atoms with van der Waals surface area (Å²) in [7, 11) is 1.61. The summed E-state index contributed by atoms with van der Waals surface area (Å²) in [5, 5.41) is 13.0. The zero-order valence-electron chi connectivity index (χ0n) is 18.8. The van der Waals surface area contributed by atoms with Gasteiger partial charge in [0, 0.05) is 30.2 Å². The van der Waals surface area contributed by atoms with E-state index in [-0.39, 0.29) is 0 Å². The Kier molecular flexibility index (Phi) is 7.11. The Morgan fingerprint density at radius 1 is 1.16 bits per heavy atom. The molecule has 0 saturated heterocycles. The molecule has 2 aliphatic carbocycles. The number of rotatable bonds is 8. The monoisotopic (exact) mass is 428 g/mol. The number of hydrogen-bond donors (Lipinski definition) is 2. The number of nitrogens with zero attached hydrogens (tertiary/aromatic N) is 2. The number of nitriles is 1. The second-order valence-electron chi connectivity index (χ2n) is 8.88. The van der Waals surface area contributed by atoms with E-state index in [9.17, 15) is 5.26 Å². The van der Waals surface area contributed by atoms with E-state index in [0.717, 1.165) is 36.2 Å². The van der Waals surface area contributed by atoms with Crippen LogP contribution in [0.25, 0.3) is 5.57 Å². The molecular weight excluding hydrogens is 396 g/mol. The Morgan fingerprint density at radius 3 is 2.66 bits per heavy atom. The van der Waals surface area contributed by atoms with E-state index in [0.29, 0.717) is 29.2 Å². The number of allylic oxidation sites excluding steroid dienone is 1. The van der Waals surface area contributed by atoms with Gasteiger partial charge in [0.25, 0.3) is 0 Å². The molecular formula is C27H32N4O. The lowest BCUT2D eigenvalue weighted by molar-refractivity contribution is 0.338. The molecule has 0 atom stereocenters. The predicted molar refractivity (Wildman–Crippen MR) is 131 cm³/mol. The van der Waals surface area contributed by atoms with Gasteiger partial charge in [0.1, 0.15) is 11.8 Å². The first-order chi connectivity index (χ1) is 15.7. The molecule has 2 fully saturated rings. The Hall–Kier alpha value is -3.26. The first kappa shape index (κ1) is 22.0. The Balaban J connectivity index is 1.30. The van der Waals surface area contributed by atoms with Gasteiger partial charge in [-0.3, -0.25) is 4.99 Å². The smallest absolute Gasteiger partial charge is 0.136 e. The first-order valence-electron chi connectivity index (χ1n) is 11.6. The fourth-order valence-corrected chi connectivity index (χ4v) is 4.46. The summed E-state index contributed by atoms with van der Waals surface area (Å²) in [5.74, 6) is 1.84. The van der Waals surface area contributed by atoms with Crippen molar-refractivity contribution in [2.75, 3.05) is 19.0 Å². The van der Waals surface area contributed by atoms with Crippen LogP contribution in [0.4, 0.5) is 5.69 Å². The van der Waals surface area contributed by atoms with Crippen LogP contribution in [0.5, 0.6) is 5.75 Å². The summed E-state index contributed by atoms with van der Waals surface area (Å²) in [6, 6.07) is 17.2. The van der Waals surface area contributed by atoms with Crippen molar-refractivity contribution in [1.29, 1.82) is 5.26 Å². The Labute approximate surface area is 191 Å². The largest absolute Gasteiger partial charge is 0.495 e. The molecule has 0 unspecified atom stereocenters. The Bertz CT molecular complexity index is 1020. The molecule has 32 heavy (non-hydrogen) atoms. The highest BCUT2D eigenvalue weighted by molar-refractivity contribution is 6.10. The van der Waals surface area contributed by atoms with E-state index in [1.807, 2.05) is 18.3 Å².